The summed E-state index contributed by atoms with van der Waals surface area (Å²) in [7, 11) is 0. The van der Waals surface area contributed by atoms with Crippen molar-refractivity contribution in [1.29, 1.82) is 0 Å². The first-order valence-corrected chi connectivity index (χ1v) is 6.57. The zero-order valence-electron chi connectivity index (χ0n) is 12.2. The summed E-state index contributed by atoms with van der Waals surface area (Å²) in [4.78, 5) is 12.3. The van der Waals surface area contributed by atoms with E-state index in [-0.39, 0.29) is 17.2 Å². The van der Waals surface area contributed by atoms with Crippen LogP contribution in [0.25, 0.3) is 0 Å². The van der Waals surface area contributed by atoms with Gasteiger partial charge in [0.2, 0.25) is 0 Å². The van der Waals surface area contributed by atoms with E-state index in [1.807, 2.05) is 45.9 Å². The lowest BCUT2D eigenvalue weighted by molar-refractivity contribution is 0.102. The summed E-state index contributed by atoms with van der Waals surface area (Å²) >= 11 is 0. The SMILES string of the molecule is Cc1cc(C)c(NC(=O)c2ccc(C)cc2O)c(C)c1. The lowest BCUT2D eigenvalue weighted by Crippen LogP contribution is -2.14. The van der Waals surface area contributed by atoms with Crippen LogP contribution in [0.5, 0.6) is 5.75 Å². The number of amides is 1. The topological polar surface area (TPSA) is 49.3 Å². The van der Waals surface area contributed by atoms with Crippen molar-refractivity contribution in [3.05, 3.63) is 58.1 Å². The predicted molar refractivity (Wildman–Crippen MR) is 81.5 cm³/mol. The van der Waals surface area contributed by atoms with E-state index in [2.05, 4.69) is 5.32 Å². The molecule has 0 aromatic heterocycles. The summed E-state index contributed by atoms with van der Waals surface area (Å²) in [5, 5.41) is 12.7. The number of benzene rings is 2. The molecule has 3 heteroatoms. The van der Waals surface area contributed by atoms with Gasteiger partial charge in [-0.15, -0.1) is 0 Å². The molecule has 0 aliphatic carbocycles. The van der Waals surface area contributed by atoms with Gasteiger partial charge < -0.3 is 10.4 Å². The number of nitrogens with one attached hydrogen (secondary N) is 1. The molecule has 0 saturated heterocycles. The molecule has 2 N–H and O–H groups in total. The maximum atomic E-state index is 12.3. The van der Waals surface area contributed by atoms with Crippen molar-refractivity contribution in [3.63, 3.8) is 0 Å². The maximum absolute atomic E-state index is 12.3. The van der Waals surface area contributed by atoms with Crippen LogP contribution in [-0.4, -0.2) is 11.0 Å². The third-order valence-electron chi connectivity index (χ3n) is 3.31. The largest absolute Gasteiger partial charge is 0.507 e. The fourth-order valence-corrected chi connectivity index (χ4v) is 2.39. The van der Waals surface area contributed by atoms with Gasteiger partial charge in [-0.25, -0.2) is 0 Å². The molecular weight excluding hydrogens is 250 g/mol. The van der Waals surface area contributed by atoms with E-state index in [1.165, 1.54) is 0 Å². The van der Waals surface area contributed by atoms with E-state index in [0.717, 1.165) is 27.9 Å². The average Bonchev–Trinajstić information content (AvgIpc) is 2.33. The molecule has 0 bridgehead atoms. The second kappa shape index (κ2) is 5.37. The van der Waals surface area contributed by atoms with Gasteiger partial charge in [0.25, 0.3) is 5.91 Å². The third-order valence-corrected chi connectivity index (χ3v) is 3.31. The predicted octanol–water partition coefficient (Wildman–Crippen LogP) is 3.88. The molecule has 1 amide bonds. The highest BCUT2D eigenvalue weighted by atomic mass is 16.3. The molecule has 0 radical (unpaired) electrons. The molecule has 0 atom stereocenters. The number of hydrogen-bond donors (Lipinski definition) is 2. The van der Waals surface area contributed by atoms with E-state index in [4.69, 9.17) is 0 Å². The number of rotatable bonds is 2. The molecular formula is C17H19NO2. The standard InChI is InChI=1S/C17H19NO2/c1-10-5-6-14(15(19)9-10)17(20)18-16-12(3)7-11(2)8-13(16)4/h5-9,19H,1-4H3,(H,18,20). The lowest BCUT2D eigenvalue weighted by atomic mass is 10.0. The van der Waals surface area contributed by atoms with Crippen LogP contribution in [0.15, 0.2) is 30.3 Å². The Balaban J connectivity index is 2.33. The van der Waals surface area contributed by atoms with Crippen LogP contribution in [0.2, 0.25) is 0 Å². The smallest absolute Gasteiger partial charge is 0.259 e. The first-order valence-electron chi connectivity index (χ1n) is 6.57. The van der Waals surface area contributed by atoms with E-state index in [9.17, 15) is 9.90 Å². The minimum Gasteiger partial charge on any atom is -0.507 e. The molecule has 20 heavy (non-hydrogen) atoms. The van der Waals surface area contributed by atoms with Crippen LogP contribution in [-0.2, 0) is 0 Å². The van der Waals surface area contributed by atoms with Crippen molar-refractivity contribution in [2.45, 2.75) is 27.7 Å². The Bertz CT molecular complexity index is 652. The van der Waals surface area contributed by atoms with E-state index >= 15 is 0 Å². The first kappa shape index (κ1) is 14.1. The zero-order chi connectivity index (χ0) is 14.9. The molecule has 0 heterocycles. The maximum Gasteiger partial charge on any atom is 0.259 e. The van der Waals surface area contributed by atoms with Crippen LogP contribution < -0.4 is 5.32 Å². The van der Waals surface area contributed by atoms with Gasteiger partial charge in [-0.1, -0.05) is 23.8 Å². The summed E-state index contributed by atoms with van der Waals surface area (Å²) in [6.45, 7) is 7.82. The minimum atomic E-state index is -0.294. The van der Waals surface area contributed by atoms with Crippen LogP contribution in [0.1, 0.15) is 32.6 Å². The van der Waals surface area contributed by atoms with E-state index in [0.29, 0.717) is 0 Å². The highest BCUT2D eigenvalue weighted by molar-refractivity contribution is 6.06. The summed E-state index contributed by atoms with van der Waals surface area (Å²) in [5.41, 5.74) is 5.21. The number of anilines is 1. The molecule has 0 saturated carbocycles. The third kappa shape index (κ3) is 2.82. The van der Waals surface area contributed by atoms with E-state index < -0.39 is 0 Å². The van der Waals surface area contributed by atoms with Crippen molar-refractivity contribution >= 4 is 11.6 Å². The summed E-state index contributed by atoms with van der Waals surface area (Å²) < 4.78 is 0. The number of phenolic OH excluding ortho intramolecular Hbond substituents is 1. The lowest BCUT2D eigenvalue weighted by Gasteiger charge is -2.13. The normalized spacial score (nSPS) is 10.4. The van der Waals surface area contributed by atoms with Crippen molar-refractivity contribution in [2.75, 3.05) is 5.32 Å². The molecule has 0 aliphatic heterocycles. The monoisotopic (exact) mass is 269 g/mol. The van der Waals surface area contributed by atoms with Gasteiger partial charge in [-0.05, 0) is 56.5 Å². The van der Waals surface area contributed by atoms with Crippen molar-refractivity contribution in [2.24, 2.45) is 0 Å². The second-order valence-corrected chi connectivity index (χ2v) is 5.25. The Morgan fingerprint density at radius 1 is 0.950 bits per heavy atom. The molecule has 104 valence electrons. The number of carbonyl (C=O) groups excluding carboxylic acids is 1. The van der Waals surface area contributed by atoms with Crippen molar-refractivity contribution < 1.29 is 9.90 Å². The zero-order valence-corrected chi connectivity index (χ0v) is 12.2. The molecule has 0 aliphatic rings. The van der Waals surface area contributed by atoms with E-state index in [1.54, 1.807) is 12.1 Å². The highest BCUT2D eigenvalue weighted by Gasteiger charge is 2.13. The van der Waals surface area contributed by atoms with Gasteiger partial charge in [0.1, 0.15) is 5.75 Å². The fraction of sp³-hybridized carbons (Fsp3) is 0.235. The van der Waals surface area contributed by atoms with Crippen LogP contribution in [0, 0.1) is 27.7 Å². The Hall–Kier alpha value is -2.29. The quantitative estimate of drug-likeness (QED) is 0.869. The number of aryl methyl sites for hydroxylation is 4. The van der Waals surface area contributed by atoms with Gasteiger partial charge >= 0.3 is 0 Å². The molecule has 3 nitrogen and oxygen atoms in total. The van der Waals surface area contributed by atoms with Gasteiger partial charge in [0.05, 0.1) is 5.56 Å². The van der Waals surface area contributed by atoms with Gasteiger partial charge in [-0.3, -0.25) is 4.79 Å². The molecule has 0 spiro atoms. The molecule has 2 aromatic rings. The minimum absolute atomic E-state index is 0.00455. The molecule has 2 rings (SSSR count). The van der Waals surface area contributed by atoms with Gasteiger partial charge in [0.15, 0.2) is 0 Å². The Labute approximate surface area is 119 Å². The van der Waals surface area contributed by atoms with Crippen molar-refractivity contribution in [1.82, 2.24) is 0 Å². The first-order chi connectivity index (χ1) is 9.38. The number of aromatic hydroxyl groups is 1. The molecule has 2 aromatic carbocycles. The summed E-state index contributed by atoms with van der Waals surface area (Å²) in [6, 6.07) is 9.08. The van der Waals surface area contributed by atoms with Crippen molar-refractivity contribution in [3.8, 4) is 5.75 Å². The average molecular weight is 269 g/mol. The Morgan fingerprint density at radius 2 is 1.55 bits per heavy atom. The fourth-order valence-electron chi connectivity index (χ4n) is 2.39. The number of phenols is 1. The molecule has 0 fully saturated rings. The van der Waals surface area contributed by atoms with Crippen LogP contribution >= 0.6 is 0 Å². The number of carbonyl (C=O) groups is 1. The van der Waals surface area contributed by atoms with Crippen LogP contribution in [0.4, 0.5) is 5.69 Å². The Morgan fingerprint density at radius 3 is 2.10 bits per heavy atom. The summed E-state index contributed by atoms with van der Waals surface area (Å²) in [6.07, 6.45) is 0. The number of hydrogen-bond acceptors (Lipinski definition) is 2. The highest BCUT2D eigenvalue weighted by Crippen LogP contribution is 2.25. The van der Waals surface area contributed by atoms with Crippen LogP contribution in [0.3, 0.4) is 0 Å². The summed E-state index contributed by atoms with van der Waals surface area (Å²) in [5.74, 6) is -0.289. The van der Waals surface area contributed by atoms with Gasteiger partial charge in [0, 0.05) is 5.69 Å². The van der Waals surface area contributed by atoms with Gasteiger partial charge in [-0.2, -0.15) is 0 Å². The Kier molecular flexibility index (Phi) is 3.79. The molecule has 0 unspecified atom stereocenters. The second-order valence-electron chi connectivity index (χ2n) is 5.25.